The van der Waals surface area contributed by atoms with Gasteiger partial charge in [-0.1, -0.05) is 31.5 Å². The largest absolute Gasteiger partial charge is 0.354 e. The van der Waals surface area contributed by atoms with Crippen molar-refractivity contribution in [3.63, 3.8) is 0 Å². The van der Waals surface area contributed by atoms with Crippen LogP contribution in [-0.4, -0.2) is 65.5 Å². The van der Waals surface area contributed by atoms with Crippen molar-refractivity contribution in [3.8, 4) is 0 Å². The lowest BCUT2D eigenvalue weighted by Gasteiger charge is -2.44. The van der Waals surface area contributed by atoms with Gasteiger partial charge < -0.3 is 15.0 Å². The van der Waals surface area contributed by atoms with Crippen molar-refractivity contribution >= 4 is 17.7 Å². The third-order valence-corrected chi connectivity index (χ3v) is 6.73. The number of hydrogen-bond donors (Lipinski definition) is 1. The van der Waals surface area contributed by atoms with E-state index in [0.29, 0.717) is 18.2 Å². The van der Waals surface area contributed by atoms with Gasteiger partial charge in [0, 0.05) is 44.1 Å². The van der Waals surface area contributed by atoms with Gasteiger partial charge in [-0.05, 0) is 37.1 Å². The van der Waals surface area contributed by atoms with E-state index in [0.717, 1.165) is 17.7 Å². The first kappa shape index (κ1) is 25.8. The Morgan fingerprint density at radius 2 is 1.81 bits per heavy atom. The molecule has 0 bridgehead atoms. The third kappa shape index (κ3) is 5.11. The van der Waals surface area contributed by atoms with Gasteiger partial charge in [0.05, 0.1) is 12.2 Å². The van der Waals surface area contributed by atoms with Crippen LogP contribution in [0.5, 0.6) is 0 Å². The molecule has 2 aromatic carbocycles. The SMILES string of the molecule is Cc1cccc(C(=O)N2[C@H](C(=O)NCC(C)C)COC23CCN(C(=O)c2ccc(F)cc2F)CC3)c1. The summed E-state index contributed by atoms with van der Waals surface area (Å²) in [7, 11) is 0. The highest BCUT2D eigenvalue weighted by Gasteiger charge is 2.54. The number of halogens is 2. The summed E-state index contributed by atoms with van der Waals surface area (Å²) in [6.07, 6.45) is 0.514. The van der Waals surface area contributed by atoms with Crippen LogP contribution >= 0.6 is 0 Å². The van der Waals surface area contributed by atoms with Gasteiger partial charge in [0.15, 0.2) is 0 Å². The molecule has 192 valence electrons. The van der Waals surface area contributed by atoms with Crippen molar-refractivity contribution < 1.29 is 27.9 Å². The number of ether oxygens (including phenoxy) is 1. The molecule has 3 amide bonds. The molecular weight excluding hydrogens is 468 g/mol. The Morgan fingerprint density at radius 1 is 1.08 bits per heavy atom. The first-order valence-electron chi connectivity index (χ1n) is 12.2. The van der Waals surface area contributed by atoms with Crippen LogP contribution in [0.15, 0.2) is 42.5 Å². The monoisotopic (exact) mass is 499 g/mol. The molecule has 2 aromatic rings. The molecule has 2 fully saturated rings. The Balaban J connectivity index is 1.57. The number of benzene rings is 2. The topological polar surface area (TPSA) is 79.0 Å². The number of carbonyl (C=O) groups excluding carboxylic acids is 3. The van der Waals surface area contributed by atoms with E-state index in [1.807, 2.05) is 26.8 Å². The van der Waals surface area contributed by atoms with Crippen LogP contribution in [0.1, 0.15) is 53.0 Å². The predicted octanol–water partition coefficient (Wildman–Crippen LogP) is 3.52. The van der Waals surface area contributed by atoms with Crippen molar-refractivity contribution in [2.45, 2.75) is 45.4 Å². The molecule has 0 saturated carbocycles. The molecule has 0 unspecified atom stereocenters. The first-order valence-corrected chi connectivity index (χ1v) is 12.2. The number of nitrogens with zero attached hydrogens (tertiary/aromatic N) is 2. The zero-order chi connectivity index (χ0) is 26.0. The number of piperidine rings is 1. The van der Waals surface area contributed by atoms with E-state index in [4.69, 9.17) is 4.74 Å². The average Bonchev–Trinajstić information content (AvgIpc) is 3.20. The fourth-order valence-corrected chi connectivity index (χ4v) is 4.80. The summed E-state index contributed by atoms with van der Waals surface area (Å²) in [4.78, 5) is 42.7. The highest BCUT2D eigenvalue weighted by atomic mass is 19.1. The number of carbonyl (C=O) groups is 3. The van der Waals surface area contributed by atoms with Gasteiger partial charge in [0.25, 0.3) is 11.8 Å². The van der Waals surface area contributed by atoms with Crippen LogP contribution in [0.3, 0.4) is 0 Å². The second-order valence-corrected chi connectivity index (χ2v) is 9.87. The van der Waals surface area contributed by atoms with Crippen molar-refractivity contribution in [1.82, 2.24) is 15.1 Å². The lowest BCUT2D eigenvalue weighted by atomic mass is 9.95. The summed E-state index contributed by atoms with van der Waals surface area (Å²) < 4.78 is 33.6. The van der Waals surface area contributed by atoms with E-state index in [1.54, 1.807) is 18.2 Å². The molecule has 1 atom stereocenters. The smallest absolute Gasteiger partial charge is 0.256 e. The molecule has 0 radical (unpaired) electrons. The van der Waals surface area contributed by atoms with E-state index in [1.165, 1.54) is 9.80 Å². The number of hydrogen-bond acceptors (Lipinski definition) is 4. The minimum atomic E-state index is -1.07. The van der Waals surface area contributed by atoms with Gasteiger partial charge in [-0.15, -0.1) is 0 Å². The van der Waals surface area contributed by atoms with Gasteiger partial charge in [-0.25, -0.2) is 8.78 Å². The molecule has 2 saturated heterocycles. The maximum absolute atomic E-state index is 14.2. The van der Waals surface area contributed by atoms with Crippen molar-refractivity contribution in [2.24, 2.45) is 5.92 Å². The van der Waals surface area contributed by atoms with Crippen LogP contribution in [0.25, 0.3) is 0 Å². The van der Waals surface area contributed by atoms with Gasteiger partial charge in [0.1, 0.15) is 23.4 Å². The molecule has 0 aromatic heterocycles. The Hall–Kier alpha value is -3.33. The fourth-order valence-electron chi connectivity index (χ4n) is 4.80. The summed E-state index contributed by atoms with van der Waals surface area (Å²) in [6, 6.07) is 9.21. The second-order valence-electron chi connectivity index (χ2n) is 9.87. The molecule has 0 aliphatic carbocycles. The molecule has 2 heterocycles. The van der Waals surface area contributed by atoms with Crippen molar-refractivity contribution in [2.75, 3.05) is 26.2 Å². The summed E-state index contributed by atoms with van der Waals surface area (Å²) in [5, 5.41) is 2.90. The van der Waals surface area contributed by atoms with Crippen LogP contribution in [0.4, 0.5) is 8.78 Å². The Kier molecular flexibility index (Phi) is 7.40. The Morgan fingerprint density at radius 3 is 2.44 bits per heavy atom. The number of nitrogens with one attached hydrogen (secondary N) is 1. The number of likely N-dealkylation sites (tertiary alicyclic amines) is 1. The van der Waals surface area contributed by atoms with Gasteiger partial charge >= 0.3 is 0 Å². The van der Waals surface area contributed by atoms with Crippen LogP contribution in [0, 0.1) is 24.5 Å². The second kappa shape index (κ2) is 10.3. The van der Waals surface area contributed by atoms with Gasteiger partial charge in [-0.3, -0.25) is 19.3 Å². The van der Waals surface area contributed by atoms with E-state index < -0.39 is 29.3 Å². The van der Waals surface area contributed by atoms with Crippen molar-refractivity contribution in [1.29, 1.82) is 0 Å². The fraction of sp³-hybridized carbons (Fsp3) is 0.444. The first-order chi connectivity index (χ1) is 17.1. The standard InChI is InChI=1S/C27H31F2N3O4/c1-17(2)15-30-24(33)23-16-36-27(32(23)25(34)19-6-4-5-18(3)13-19)9-11-31(12-10-27)26(35)21-8-7-20(28)14-22(21)29/h4-8,13-14,17,23H,9-12,15-16H2,1-3H3,(H,30,33)/t23-/m0/s1. The van der Waals surface area contributed by atoms with Crippen molar-refractivity contribution in [3.05, 3.63) is 70.8 Å². The summed E-state index contributed by atoms with van der Waals surface area (Å²) in [5.41, 5.74) is 0.0861. The predicted molar refractivity (Wildman–Crippen MR) is 129 cm³/mol. The van der Waals surface area contributed by atoms with E-state index in [-0.39, 0.29) is 55.8 Å². The lowest BCUT2D eigenvalue weighted by Crippen LogP contribution is -2.60. The van der Waals surface area contributed by atoms with Crippen LogP contribution < -0.4 is 5.32 Å². The lowest BCUT2D eigenvalue weighted by molar-refractivity contribution is -0.128. The molecule has 1 spiro atoms. The molecule has 1 N–H and O–H groups in total. The Labute approximate surface area is 209 Å². The maximum atomic E-state index is 14.2. The molecule has 7 nitrogen and oxygen atoms in total. The third-order valence-electron chi connectivity index (χ3n) is 6.73. The minimum Gasteiger partial charge on any atom is -0.354 e. The van der Waals surface area contributed by atoms with Gasteiger partial charge in [0.2, 0.25) is 5.91 Å². The maximum Gasteiger partial charge on any atom is 0.256 e. The van der Waals surface area contributed by atoms with Gasteiger partial charge in [-0.2, -0.15) is 0 Å². The average molecular weight is 500 g/mol. The molecule has 2 aliphatic rings. The number of aryl methyl sites for hydroxylation is 1. The molecular formula is C27H31F2N3O4. The molecule has 36 heavy (non-hydrogen) atoms. The summed E-state index contributed by atoms with van der Waals surface area (Å²) >= 11 is 0. The van der Waals surface area contributed by atoms with Crippen LogP contribution in [0.2, 0.25) is 0 Å². The quantitative estimate of drug-likeness (QED) is 0.683. The number of rotatable bonds is 5. The number of amides is 3. The summed E-state index contributed by atoms with van der Waals surface area (Å²) in [6.45, 7) is 6.75. The van der Waals surface area contributed by atoms with E-state index in [2.05, 4.69) is 5.32 Å². The normalized spacial score (nSPS) is 19.1. The zero-order valence-corrected chi connectivity index (χ0v) is 20.7. The zero-order valence-electron chi connectivity index (χ0n) is 20.7. The molecule has 4 rings (SSSR count). The van der Waals surface area contributed by atoms with Crippen LogP contribution in [-0.2, 0) is 9.53 Å². The Bertz CT molecular complexity index is 1160. The molecule has 2 aliphatic heterocycles. The van der Waals surface area contributed by atoms with E-state index >= 15 is 0 Å². The summed E-state index contributed by atoms with van der Waals surface area (Å²) in [5.74, 6) is -2.59. The molecule has 9 heteroatoms. The van der Waals surface area contributed by atoms with E-state index in [9.17, 15) is 23.2 Å². The highest BCUT2D eigenvalue weighted by molar-refractivity contribution is 5.99. The highest BCUT2D eigenvalue weighted by Crippen LogP contribution is 2.39. The minimum absolute atomic E-state index is 0.0437.